The largest absolute Gasteiger partial charge is 0.464 e. The Hall–Kier alpha value is -0.650. The van der Waals surface area contributed by atoms with Crippen molar-refractivity contribution in [3.63, 3.8) is 0 Å². The van der Waals surface area contributed by atoms with E-state index < -0.39 is 0 Å². The van der Waals surface area contributed by atoms with Crippen LogP contribution in [0.15, 0.2) is 0 Å². The van der Waals surface area contributed by atoms with Crippen LogP contribution in [-0.4, -0.2) is 51.6 Å². The molecule has 0 heterocycles. The first-order valence-corrected chi connectivity index (χ1v) is 6.88. The van der Waals surface area contributed by atoms with Crippen molar-refractivity contribution in [2.75, 3.05) is 39.5 Å². The molecule has 5 nitrogen and oxygen atoms in total. The minimum atomic E-state index is -0.304. The van der Waals surface area contributed by atoms with Crippen LogP contribution < -0.4 is 5.32 Å². The van der Waals surface area contributed by atoms with E-state index in [2.05, 4.69) is 5.32 Å². The average Bonchev–Trinajstić information content (AvgIpc) is 2.86. The predicted molar refractivity (Wildman–Crippen MR) is 68.5 cm³/mol. The standard InChI is InChI=1S/C13H25NO4/c1-2-17-13(15)11-16-9-7-14-8-10-18-12-5-3-4-6-12/h12,14H,2-11H2,1H3. The second-order valence-corrected chi connectivity index (χ2v) is 4.38. The molecule has 0 aromatic carbocycles. The first-order valence-electron chi connectivity index (χ1n) is 6.88. The van der Waals surface area contributed by atoms with Crippen LogP contribution >= 0.6 is 0 Å². The summed E-state index contributed by atoms with van der Waals surface area (Å²) in [5.74, 6) is -0.304. The minimum absolute atomic E-state index is 0.0358. The van der Waals surface area contributed by atoms with Crippen molar-refractivity contribution in [2.24, 2.45) is 0 Å². The van der Waals surface area contributed by atoms with Gasteiger partial charge in [0.2, 0.25) is 0 Å². The molecule has 0 amide bonds. The molecule has 5 heteroatoms. The van der Waals surface area contributed by atoms with Crippen LogP contribution in [0.25, 0.3) is 0 Å². The molecule has 1 N–H and O–H groups in total. The Bertz CT molecular complexity index is 217. The summed E-state index contributed by atoms with van der Waals surface area (Å²) in [5.41, 5.74) is 0. The lowest BCUT2D eigenvalue weighted by molar-refractivity contribution is -0.148. The molecule has 0 spiro atoms. The van der Waals surface area contributed by atoms with Gasteiger partial charge in [0.15, 0.2) is 0 Å². The van der Waals surface area contributed by atoms with E-state index in [1.54, 1.807) is 6.92 Å². The number of rotatable bonds is 10. The van der Waals surface area contributed by atoms with E-state index in [-0.39, 0.29) is 12.6 Å². The molecule has 1 rings (SSSR count). The fourth-order valence-corrected chi connectivity index (χ4v) is 1.98. The predicted octanol–water partition coefficient (Wildman–Crippen LogP) is 1.11. The van der Waals surface area contributed by atoms with Gasteiger partial charge in [-0.3, -0.25) is 0 Å². The van der Waals surface area contributed by atoms with Gasteiger partial charge in [-0.25, -0.2) is 4.79 Å². The van der Waals surface area contributed by atoms with Crippen LogP contribution in [-0.2, 0) is 19.0 Å². The van der Waals surface area contributed by atoms with Gasteiger partial charge in [-0.2, -0.15) is 0 Å². The maximum atomic E-state index is 10.9. The van der Waals surface area contributed by atoms with Crippen molar-refractivity contribution >= 4 is 5.97 Å². The third-order valence-corrected chi connectivity index (χ3v) is 2.88. The lowest BCUT2D eigenvalue weighted by atomic mass is 10.3. The average molecular weight is 259 g/mol. The van der Waals surface area contributed by atoms with Crippen molar-refractivity contribution in [1.82, 2.24) is 5.32 Å². The molecular formula is C13H25NO4. The Morgan fingerprint density at radius 2 is 1.94 bits per heavy atom. The smallest absolute Gasteiger partial charge is 0.332 e. The zero-order chi connectivity index (χ0) is 13.1. The number of hydrogen-bond acceptors (Lipinski definition) is 5. The molecule has 0 radical (unpaired) electrons. The first kappa shape index (κ1) is 15.4. The topological polar surface area (TPSA) is 56.8 Å². The summed E-state index contributed by atoms with van der Waals surface area (Å²) in [4.78, 5) is 10.9. The van der Waals surface area contributed by atoms with E-state index in [1.165, 1.54) is 25.7 Å². The summed E-state index contributed by atoms with van der Waals surface area (Å²) in [5, 5.41) is 3.21. The molecule has 0 bridgehead atoms. The summed E-state index contributed by atoms with van der Waals surface area (Å²) < 4.78 is 15.6. The molecule has 0 saturated heterocycles. The molecule has 1 saturated carbocycles. The molecule has 106 valence electrons. The molecule has 0 aromatic rings. The van der Waals surface area contributed by atoms with Crippen LogP contribution in [0.2, 0.25) is 0 Å². The Kier molecular flexibility index (Phi) is 8.81. The molecule has 1 aliphatic rings. The lowest BCUT2D eigenvalue weighted by Crippen LogP contribution is -2.26. The van der Waals surface area contributed by atoms with Crippen LogP contribution in [0.4, 0.5) is 0 Å². The third kappa shape index (κ3) is 7.63. The Labute approximate surface area is 109 Å². The molecule has 0 aliphatic heterocycles. The first-order chi connectivity index (χ1) is 8.83. The van der Waals surface area contributed by atoms with Crippen LogP contribution in [0.1, 0.15) is 32.6 Å². The van der Waals surface area contributed by atoms with Gasteiger partial charge in [-0.15, -0.1) is 0 Å². The molecule has 1 aliphatic carbocycles. The number of nitrogens with one attached hydrogen (secondary N) is 1. The SMILES string of the molecule is CCOC(=O)COCCNCCOC1CCCC1. The molecule has 0 atom stereocenters. The lowest BCUT2D eigenvalue weighted by Gasteiger charge is -2.11. The highest BCUT2D eigenvalue weighted by Crippen LogP contribution is 2.20. The van der Waals surface area contributed by atoms with E-state index in [4.69, 9.17) is 14.2 Å². The van der Waals surface area contributed by atoms with Gasteiger partial charge in [-0.1, -0.05) is 12.8 Å². The van der Waals surface area contributed by atoms with Crippen molar-refractivity contribution in [3.05, 3.63) is 0 Å². The Morgan fingerprint density at radius 3 is 2.67 bits per heavy atom. The van der Waals surface area contributed by atoms with E-state index in [0.29, 0.717) is 19.3 Å². The second-order valence-electron chi connectivity index (χ2n) is 4.38. The van der Waals surface area contributed by atoms with Crippen molar-refractivity contribution < 1.29 is 19.0 Å². The zero-order valence-corrected chi connectivity index (χ0v) is 11.3. The number of ether oxygens (including phenoxy) is 3. The van der Waals surface area contributed by atoms with Crippen LogP contribution in [0, 0.1) is 0 Å². The Morgan fingerprint density at radius 1 is 1.22 bits per heavy atom. The van der Waals surface area contributed by atoms with E-state index >= 15 is 0 Å². The number of carbonyl (C=O) groups is 1. The normalized spacial score (nSPS) is 16.1. The number of esters is 1. The van der Waals surface area contributed by atoms with Gasteiger partial charge in [0.1, 0.15) is 6.61 Å². The van der Waals surface area contributed by atoms with Crippen molar-refractivity contribution in [2.45, 2.75) is 38.7 Å². The summed E-state index contributed by atoms with van der Waals surface area (Å²) in [6.07, 6.45) is 5.51. The quantitative estimate of drug-likeness (QED) is 0.470. The van der Waals surface area contributed by atoms with Crippen molar-refractivity contribution in [1.29, 1.82) is 0 Å². The summed E-state index contributed by atoms with van der Waals surface area (Å²) in [7, 11) is 0. The van der Waals surface area contributed by atoms with Crippen molar-refractivity contribution in [3.8, 4) is 0 Å². The maximum Gasteiger partial charge on any atom is 0.332 e. The fraction of sp³-hybridized carbons (Fsp3) is 0.923. The third-order valence-electron chi connectivity index (χ3n) is 2.88. The Balaban J connectivity index is 1.77. The van der Waals surface area contributed by atoms with Gasteiger partial charge >= 0.3 is 5.97 Å². The highest BCUT2D eigenvalue weighted by Gasteiger charge is 2.14. The van der Waals surface area contributed by atoms with Gasteiger partial charge in [0.05, 0.1) is 25.9 Å². The van der Waals surface area contributed by atoms with Gasteiger partial charge in [0.25, 0.3) is 0 Å². The molecular weight excluding hydrogens is 234 g/mol. The molecule has 18 heavy (non-hydrogen) atoms. The van der Waals surface area contributed by atoms with Gasteiger partial charge in [0, 0.05) is 13.1 Å². The molecule has 0 unspecified atom stereocenters. The second kappa shape index (κ2) is 10.3. The zero-order valence-electron chi connectivity index (χ0n) is 11.3. The fourth-order valence-electron chi connectivity index (χ4n) is 1.98. The van der Waals surface area contributed by atoms with Gasteiger partial charge in [-0.05, 0) is 19.8 Å². The van der Waals surface area contributed by atoms with Crippen LogP contribution in [0.3, 0.4) is 0 Å². The monoisotopic (exact) mass is 259 g/mol. The molecule has 1 fully saturated rings. The summed E-state index contributed by atoms with van der Waals surface area (Å²) >= 11 is 0. The van der Waals surface area contributed by atoms with Gasteiger partial charge < -0.3 is 19.5 Å². The minimum Gasteiger partial charge on any atom is -0.464 e. The van der Waals surface area contributed by atoms with E-state index in [9.17, 15) is 4.79 Å². The van der Waals surface area contributed by atoms with E-state index in [1.807, 2.05) is 0 Å². The summed E-state index contributed by atoms with van der Waals surface area (Å²) in [6.45, 7) is 5.05. The van der Waals surface area contributed by atoms with Crippen LogP contribution in [0.5, 0.6) is 0 Å². The maximum absolute atomic E-state index is 10.9. The highest BCUT2D eigenvalue weighted by molar-refractivity contribution is 5.70. The highest BCUT2D eigenvalue weighted by atomic mass is 16.6. The molecule has 0 aromatic heterocycles. The summed E-state index contributed by atoms with van der Waals surface area (Å²) in [6, 6.07) is 0. The number of carbonyl (C=O) groups excluding carboxylic acids is 1. The van der Waals surface area contributed by atoms with E-state index in [0.717, 1.165) is 19.7 Å². The number of hydrogen-bond donors (Lipinski definition) is 1.